The maximum absolute atomic E-state index is 6.19. The van der Waals surface area contributed by atoms with Crippen LogP contribution in [0.3, 0.4) is 0 Å². The highest BCUT2D eigenvalue weighted by Gasteiger charge is 2.05. The highest BCUT2D eigenvalue weighted by Crippen LogP contribution is 2.21. The molecule has 2 rings (SSSR count). The SMILES string of the molecule is CC.Cc1ncc(Cl)c(NCCc2c(C)cccc2Cl)n1. The van der Waals surface area contributed by atoms with E-state index in [1.165, 1.54) is 5.56 Å². The molecular weight excluding hydrogens is 305 g/mol. The Hall–Kier alpha value is -1.32. The van der Waals surface area contributed by atoms with Crippen LogP contribution < -0.4 is 5.32 Å². The Labute approximate surface area is 136 Å². The Morgan fingerprint density at radius 3 is 2.48 bits per heavy atom. The number of nitrogens with one attached hydrogen (secondary N) is 1. The van der Waals surface area contributed by atoms with E-state index >= 15 is 0 Å². The lowest BCUT2D eigenvalue weighted by atomic mass is 10.1. The Kier molecular flexibility index (Phi) is 7.48. The summed E-state index contributed by atoms with van der Waals surface area (Å²) in [5.41, 5.74) is 2.35. The average Bonchev–Trinajstić information content (AvgIpc) is 2.48. The van der Waals surface area contributed by atoms with Gasteiger partial charge in [0.25, 0.3) is 0 Å². The molecule has 3 nitrogen and oxygen atoms in total. The molecule has 114 valence electrons. The first-order valence-corrected chi connectivity index (χ1v) is 7.80. The van der Waals surface area contributed by atoms with E-state index in [1.54, 1.807) is 6.20 Å². The zero-order valence-corrected chi connectivity index (χ0v) is 14.4. The lowest BCUT2D eigenvalue weighted by Gasteiger charge is -2.10. The molecule has 0 bridgehead atoms. The number of benzene rings is 1. The first-order valence-electron chi connectivity index (χ1n) is 7.05. The fraction of sp³-hybridized carbons (Fsp3) is 0.375. The second kappa shape index (κ2) is 8.85. The van der Waals surface area contributed by atoms with Crippen molar-refractivity contribution in [1.29, 1.82) is 0 Å². The number of rotatable bonds is 4. The van der Waals surface area contributed by atoms with Gasteiger partial charge in [-0.05, 0) is 37.5 Å². The fourth-order valence-corrected chi connectivity index (χ4v) is 2.34. The Morgan fingerprint density at radius 2 is 1.81 bits per heavy atom. The van der Waals surface area contributed by atoms with Gasteiger partial charge in [-0.15, -0.1) is 0 Å². The number of halogens is 2. The second-order valence-corrected chi connectivity index (χ2v) is 5.14. The minimum Gasteiger partial charge on any atom is -0.368 e. The van der Waals surface area contributed by atoms with E-state index in [9.17, 15) is 0 Å². The van der Waals surface area contributed by atoms with Gasteiger partial charge < -0.3 is 5.32 Å². The number of anilines is 1. The molecule has 0 amide bonds. The monoisotopic (exact) mass is 325 g/mol. The van der Waals surface area contributed by atoms with Crippen LogP contribution in [0.15, 0.2) is 24.4 Å². The summed E-state index contributed by atoms with van der Waals surface area (Å²) in [5, 5.41) is 4.54. The van der Waals surface area contributed by atoms with Crippen LogP contribution in [0.4, 0.5) is 5.82 Å². The summed E-state index contributed by atoms with van der Waals surface area (Å²) in [7, 11) is 0. The van der Waals surface area contributed by atoms with Crippen LogP contribution >= 0.6 is 23.2 Å². The summed E-state index contributed by atoms with van der Waals surface area (Å²) in [6, 6.07) is 5.92. The molecule has 1 aromatic carbocycles. The van der Waals surface area contributed by atoms with Crippen LogP contribution in [-0.2, 0) is 6.42 Å². The van der Waals surface area contributed by atoms with E-state index in [1.807, 2.05) is 32.9 Å². The highest BCUT2D eigenvalue weighted by atomic mass is 35.5. The molecule has 1 N–H and O–H groups in total. The summed E-state index contributed by atoms with van der Waals surface area (Å²) in [4.78, 5) is 8.29. The first-order chi connectivity index (χ1) is 10.1. The molecular formula is C16H21Cl2N3. The third-order valence-electron chi connectivity index (χ3n) is 2.89. The summed E-state index contributed by atoms with van der Waals surface area (Å²) < 4.78 is 0. The van der Waals surface area contributed by atoms with Crippen molar-refractivity contribution < 1.29 is 0 Å². The largest absolute Gasteiger partial charge is 0.368 e. The van der Waals surface area contributed by atoms with E-state index in [0.29, 0.717) is 16.7 Å². The molecule has 0 aliphatic heterocycles. The van der Waals surface area contributed by atoms with E-state index in [2.05, 4.69) is 28.3 Å². The maximum Gasteiger partial charge on any atom is 0.148 e. The molecule has 0 saturated heterocycles. The van der Waals surface area contributed by atoms with Gasteiger partial charge in [-0.1, -0.05) is 49.2 Å². The molecule has 1 heterocycles. The normalized spacial score (nSPS) is 9.81. The fourth-order valence-electron chi connectivity index (χ4n) is 1.87. The molecule has 2 aromatic rings. The summed E-state index contributed by atoms with van der Waals surface area (Å²) in [5.74, 6) is 1.36. The maximum atomic E-state index is 6.19. The summed E-state index contributed by atoms with van der Waals surface area (Å²) >= 11 is 12.2. The second-order valence-electron chi connectivity index (χ2n) is 4.33. The average molecular weight is 326 g/mol. The molecule has 0 aliphatic rings. The molecule has 1 aromatic heterocycles. The molecule has 0 atom stereocenters. The van der Waals surface area contributed by atoms with Crippen LogP contribution in [0.25, 0.3) is 0 Å². The molecule has 0 radical (unpaired) electrons. The topological polar surface area (TPSA) is 37.8 Å². The van der Waals surface area contributed by atoms with Crippen molar-refractivity contribution >= 4 is 29.0 Å². The van der Waals surface area contributed by atoms with Gasteiger partial charge in [0.15, 0.2) is 0 Å². The van der Waals surface area contributed by atoms with Gasteiger partial charge in [0.1, 0.15) is 16.7 Å². The number of aryl methyl sites for hydroxylation is 2. The standard InChI is InChI=1S/C14H15Cl2N3.C2H6/c1-9-4-3-5-12(15)11(9)6-7-17-14-13(16)8-18-10(2)19-14;1-2/h3-5,8H,6-7H2,1-2H3,(H,17,18,19);1-2H3. The molecule has 0 unspecified atom stereocenters. The van der Waals surface area contributed by atoms with Gasteiger partial charge in [-0.2, -0.15) is 0 Å². The van der Waals surface area contributed by atoms with Gasteiger partial charge in [0.2, 0.25) is 0 Å². The highest BCUT2D eigenvalue weighted by molar-refractivity contribution is 6.32. The molecule has 5 heteroatoms. The van der Waals surface area contributed by atoms with E-state index in [-0.39, 0.29) is 0 Å². The van der Waals surface area contributed by atoms with Crippen LogP contribution in [0.1, 0.15) is 30.8 Å². The van der Waals surface area contributed by atoms with Crippen LogP contribution in [0.2, 0.25) is 10.0 Å². The lowest BCUT2D eigenvalue weighted by molar-refractivity contribution is 0.973. The quantitative estimate of drug-likeness (QED) is 0.851. The smallest absolute Gasteiger partial charge is 0.148 e. The predicted octanol–water partition coefficient (Wildman–Crippen LogP) is 5.08. The number of hydrogen-bond donors (Lipinski definition) is 1. The Bertz CT molecular complexity index is 565. The van der Waals surface area contributed by atoms with Crippen molar-refractivity contribution in [3.05, 3.63) is 51.4 Å². The van der Waals surface area contributed by atoms with E-state index < -0.39 is 0 Å². The van der Waals surface area contributed by atoms with Gasteiger partial charge in [0, 0.05) is 11.6 Å². The minimum atomic E-state index is 0.529. The van der Waals surface area contributed by atoms with Crippen molar-refractivity contribution in [2.75, 3.05) is 11.9 Å². The van der Waals surface area contributed by atoms with Gasteiger partial charge in [-0.3, -0.25) is 0 Å². The van der Waals surface area contributed by atoms with Gasteiger partial charge >= 0.3 is 0 Å². The van der Waals surface area contributed by atoms with Crippen molar-refractivity contribution in [1.82, 2.24) is 9.97 Å². The zero-order valence-electron chi connectivity index (χ0n) is 12.9. The lowest BCUT2D eigenvalue weighted by Crippen LogP contribution is -2.09. The number of aromatic nitrogens is 2. The molecule has 0 saturated carbocycles. The molecule has 0 aliphatic carbocycles. The van der Waals surface area contributed by atoms with Crippen molar-refractivity contribution in [2.24, 2.45) is 0 Å². The van der Waals surface area contributed by atoms with Gasteiger partial charge in [-0.25, -0.2) is 9.97 Å². The zero-order chi connectivity index (χ0) is 15.8. The summed E-state index contributed by atoms with van der Waals surface area (Å²) in [6.45, 7) is 8.61. The number of nitrogens with zero attached hydrogens (tertiary/aromatic N) is 2. The Balaban J connectivity index is 0.00000106. The third-order valence-corrected chi connectivity index (χ3v) is 3.52. The van der Waals surface area contributed by atoms with Crippen molar-refractivity contribution in [3.8, 4) is 0 Å². The van der Waals surface area contributed by atoms with Gasteiger partial charge in [0.05, 0.1) is 6.20 Å². The van der Waals surface area contributed by atoms with Crippen LogP contribution in [0, 0.1) is 13.8 Å². The van der Waals surface area contributed by atoms with E-state index in [4.69, 9.17) is 23.2 Å². The molecule has 0 spiro atoms. The van der Waals surface area contributed by atoms with Crippen LogP contribution in [-0.4, -0.2) is 16.5 Å². The molecule has 21 heavy (non-hydrogen) atoms. The summed E-state index contributed by atoms with van der Waals surface area (Å²) in [6.07, 6.45) is 2.43. The first kappa shape index (κ1) is 17.7. The predicted molar refractivity (Wildman–Crippen MR) is 91.5 cm³/mol. The molecule has 0 fully saturated rings. The minimum absolute atomic E-state index is 0.529. The third kappa shape index (κ3) is 5.18. The Morgan fingerprint density at radius 1 is 1.10 bits per heavy atom. The van der Waals surface area contributed by atoms with Crippen molar-refractivity contribution in [3.63, 3.8) is 0 Å². The van der Waals surface area contributed by atoms with E-state index in [0.717, 1.165) is 23.6 Å². The number of hydrogen-bond acceptors (Lipinski definition) is 3. The van der Waals surface area contributed by atoms with Crippen LogP contribution in [0.5, 0.6) is 0 Å². The van der Waals surface area contributed by atoms with Crippen molar-refractivity contribution in [2.45, 2.75) is 34.1 Å².